The number of hydrogen-bond acceptors (Lipinski definition) is 5. The highest BCUT2D eigenvalue weighted by Crippen LogP contribution is 2.33. The quantitative estimate of drug-likeness (QED) is 0.778. The van der Waals surface area contributed by atoms with Gasteiger partial charge in [-0.05, 0) is 37.8 Å². The number of piperidine rings is 1. The van der Waals surface area contributed by atoms with E-state index in [9.17, 15) is 4.79 Å². The number of hydrogen-bond donors (Lipinski definition) is 0. The minimum atomic E-state index is -0.387. The van der Waals surface area contributed by atoms with E-state index in [1.807, 2.05) is 6.92 Å². The van der Waals surface area contributed by atoms with E-state index in [0.29, 0.717) is 13.1 Å². The third-order valence-corrected chi connectivity index (χ3v) is 4.31. The Labute approximate surface area is 118 Å². The number of carbonyl (C=O) groups excluding carboxylic acids is 1. The van der Waals surface area contributed by atoms with Gasteiger partial charge in [0, 0.05) is 13.6 Å². The van der Waals surface area contributed by atoms with Crippen LogP contribution in [0.2, 0.25) is 0 Å². The van der Waals surface area contributed by atoms with Gasteiger partial charge in [-0.3, -0.25) is 0 Å². The minimum Gasteiger partial charge on any atom is -0.439 e. The second-order valence-electron chi connectivity index (χ2n) is 5.91. The molecule has 2 aliphatic rings. The van der Waals surface area contributed by atoms with E-state index >= 15 is 0 Å². The predicted molar refractivity (Wildman–Crippen MR) is 74.8 cm³/mol. The summed E-state index contributed by atoms with van der Waals surface area (Å²) in [4.78, 5) is 15.5. The zero-order valence-corrected chi connectivity index (χ0v) is 12.2. The van der Waals surface area contributed by atoms with E-state index in [4.69, 9.17) is 4.74 Å². The summed E-state index contributed by atoms with van der Waals surface area (Å²) >= 11 is 0. The molecule has 2 aliphatic heterocycles. The van der Waals surface area contributed by atoms with Crippen molar-refractivity contribution in [2.75, 3.05) is 31.6 Å². The number of amides is 1. The maximum absolute atomic E-state index is 11.7. The van der Waals surface area contributed by atoms with Gasteiger partial charge in [0.05, 0.1) is 19.3 Å². The molecule has 6 heteroatoms. The summed E-state index contributed by atoms with van der Waals surface area (Å²) < 4.78 is 5.62. The number of nitrogens with zero attached hydrogens (tertiary/aromatic N) is 4. The molecule has 1 atom stereocenters. The molecule has 0 N–H and O–H groups in total. The third kappa shape index (κ3) is 2.09. The van der Waals surface area contributed by atoms with Gasteiger partial charge in [-0.25, -0.2) is 4.79 Å². The molecule has 0 saturated carbocycles. The van der Waals surface area contributed by atoms with Crippen LogP contribution in [0.15, 0.2) is 6.20 Å². The molecule has 1 aromatic rings. The van der Waals surface area contributed by atoms with Crippen molar-refractivity contribution in [3.05, 3.63) is 17.3 Å². The SMILES string of the molecule is Cc1cnnc(N2CCCC3(CN(C)C(=O)O3)C2)c1C. The highest BCUT2D eigenvalue weighted by atomic mass is 16.6. The van der Waals surface area contributed by atoms with Gasteiger partial charge in [-0.15, -0.1) is 5.10 Å². The van der Waals surface area contributed by atoms with E-state index in [0.717, 1.165) is 36.3 Å². The van der Waals surface area contributed by atoms with Crippen molar-refractivity contribution >= 4 is 11.9 Å². The number of anilines is 1. The normalized spacial score (nSPS) is 26.2. The number of carbonyl (C=O) groups is 1. The molecule has 1 spiro atoms. The first-order valence-corrected chi connectivity index (χ1v) is 6.99. The van der Waals surface area contributed by atoms with Gasteiger partial charge in [0.15, 0.2) is 5.82 Å². The Morgan fingerprint density at radius 1 is 1.35 bits per heavy atom. The summed E-state index contributed by atoms with van der Waals surface area (Å²) in [5.41, 5.74) is 1.90. The standard InChI is InChI=1S/C14H20N4O2/c1-10-7-15-16-12(11(10)2)18-6-4-5-14(9-18)8-17(3)13(19)20-14/h7H,4-6,8-9H2,1-3H3. The van der Waals surface area contributed by atoms with E-state index in [1.165, 1.54) is 0 Å². The number of ether oxygens (including phenoxy) is 1. The zero-order chi connectivity index (χ0) is 14.3. The van der Waals surface area contributed by atoms with Crippen molar-refractivity contribution in [2.45, 2.75) is 32.3 Å². The molecule has 2 saturated heterocycles. The fraction of sp³-hybridized carbons (Fsp3) is 0.643. The lowest BCUT2D eigenvalue weighted by Crippen LogP contribution is -2.51. The van der Waals surface area contributed by atoms with Gasteiger partial charge in [0.2, 0.25) is 0 Å². The molecule has 0 aromatic carbocycles. The van der Waals surface area contributed by atoms with Crippen molar-refractivity contribution in [1.82, 2.24) is 15.1 Å². The molecular formula is C14H20N4O2. The molecule has 20 heavy (non-hydrogen) atoms. The molecule has 3 rings (SSSR count). The molecule has 1 unspecified atom stereocenters. The number of aromatic nitrogens is 2. The summed E-state index contributed by atoms with van der Waals surface area (Å²) in [6.45, 7) is 6.38. The first-order chi connectivity index (χ1) is 9.51. The van der Waals surface area contributed by atoms with Crippen LogP contribution in [-0.2, 0) is 4.74 Å². The van der Waals surface area contributed by atoms with Gasteiger partial charge in [0.1, 0.15) is 5.60 Å². The molecule has 0 aliphatic carbocycles. The summed E-state index contributed by atoms with van der Waals surface area (Å²) in [5.74, 6) is 0.912. The lowest BCUT2D eigenvalue weighted by Gasteiger charge is -2.39. The minimum absolute atomic E-state index is 0.223. The van der Waals surface area contributed by atoms with Crippen LogP contribution in [-0.4, -0.2) is 53.5 Å². The fourth-order valence-corrected chi connectivity index (χ4v) is 3.10. The molecule has 0 bridgehead atoms. The van der Waals surface area contributed by atoms with E-state index in [2.05, 4.69) is 22.0 Å². The van der Waals surface area contributed by atoms with Gasteiger partial charge in [-0.1, -0.05) is 0 Å². The number of likely N-dealkylation sites (N-methyl/N-ethyl adjacent to an activating group) is 1. The van der Waals surface area contributed by atoms with Crippen LogP contribution in [0.25, 0.3) is 0 Å². The van der Waals surface area contributed by atoms with Crippen LogP contribution < -0.4 is 4.90 Å². The molecule has 3 heterocycles. The average molecular weight is 276 g/mol. The van der Waals surface area contributed by atoms with E-state index in [-0.39, 0.29) is 11.7 Å². The smallest absolute Gasteiger partial charge is 0.410 e. The van der Waals surface area contributed by atoms with Gasteiger partial charge in [-0.2, -0.15) is 5.10 Å². The molecule has 1 amide bonds. The fourth-order valence-electron chi connectivity index (χ4n) is 3.10. The van der Waals surface area contributed by atoms with E-state index < -0.39 is 0 Å². The van der Waals surface area contributed by atoms with Crippen molar-refractivity contribution in [2.24, 2.45) is 0 Å². The van der Waals surface area contributed by atoms with Crippen LogP contribution in [0.1, 0.15) is 24.0 Å². The lowest BCUT2D eigenvalue weighted by molar-refractivity contribution is 0.0445. The van der Waals surface area contributed by atoms with Crippen LogP contribution >= 0.6 is 0 Å². The van der Waals surface area contributed by atoms with Crippen LogP contribution in [0.4, 0.5) is 10.6 Å². The molecule has 6 nitrogen and oxygen atoms in total. The maximum Gasteiger partial charge on any atom is 0.410 e. The topological polar surface area (TPSA) is 58.6 Å². The third-order valence-electron chi connectivity index (χ3n) is 4.31. The van der Waals surface area contributed by atoms with Crippen LogP contribution in [0, 0.1) is 13.8 Å². The molecule has 0 radical (unpaired) electrons. The number of aryl methyl sites for hydroxylation is 1. The highest BCUT2D eigenvalue weighted by Gasteiger charge is 2.46. The lowest BCUT2D eigenvalue weighted by atomic mass is 9.92. The van der Waals surface area contributed by atoms with Crippen molar-refractivity contribution in [1.29, 1.82) is 0 Å². The Hall–Kier alpha value is -1.85. The maximum atomic E-state index is 11.7. The zero-order valence-electron chi connectivity index (χ0n) is 12.2. The second-order valence-corrected chi connectivity index (χ2v) is 5.91. The van der Waals surface area contributed by atoms with Crippen LogP contribution in [0.5, 0.6) is 0 Å². The number of rotatable bonds is 1. The summed E-state index contributed by atoms with van der Waals surface area (Å²) in [5, 5.41) is 8.33. The molecule has 2 fully saturated rings. The Morgan fingerprint density at radius 2 is 2.15 bits per heavy atom. The Balaban J connectivity index is 1.86. The second kappa shape index (κ2) is 4.61. The summed E-state index contributed by atoms with van der Waals surface area (Å²) in [6, 6.07) is 0. The Morgan fingerprint density at radius 3 is 2.85 bits per heavy atom. The average Bonchev–Trinajstić information content (AvgIpc) is 2.67. The van der Waals surface area contributed by atoms with Gasteiger partial charge < -0.3 is 14.5 Å². The first kappa shape index (κ1) is 13.1. The predicted octanol–water partition coefficient (Wildman–Crippen LogP) is 1.51. The molecule has 1 aromatic heterocycles. The van der Waals surface area contributed by atoms with E-state index in [1.54, 1.807) is 18.1 Å². The monoisotopic (exact) mass is 276 g/mol. The van der Waals surface area contributed by atoms with Crippen LogP contribution in [0.3, 0.4) is 0 Å². The summed E-state index contributed by atoms with van der Waals surface area (Å²) in [7, 11) is 1.79. The van der Waals surface area contributed by atoms with Gasteiger partial charge in [0.25, 0.3) is 0 Å². The van der Waals surface area contributed by atoms with Crippen molar-refractivity contribution in [3.63, 3.8) is 0 Å². The van der Waals surface area contributed by atoms with Gasteiger partial charge >= 0.3 is 6.09 Å². The Bertz CT molecular complexity index is 548. The molecular weight excluding hydrogens is 256 g/mol. The summed E-state index contributed by atoms with van der Waals surface area (Å²) in [6.07, 6.45) is 3.47. The first-order valence-electron chi connectivity index (χ1n) is 6.99. The highest BCUT2D eigenvalue weighted by molar-refractivity contribution is 5.70. The largest absolute Gasteiger partial charge is 0.439 e. The van der Waals surface area contributed by atoms with Crippen molar-refractivity contribution < 1.29 is 9.53 Å². The van der Waals surface area contributed by atoms with Crippen molar-refractivity contribution in [3.8, 4) is 0 Å². The Kier molecular flexibility index (Phi) is 3.03. The molecule has 108 valence electrons.